The van der Waals surface area contributed by atoms with Gasteiger partial charge in [0.25, 0.3) is 11.8 Å². The quantitative estimate of drug-likeness (QED) is 0.479. The van der Waals surface area contributed by atoms with Crippen LogP contribution in [0, 0.1) is 6.92 Å². The Bertz CT molecular complexity index is 991. The topological polar surface area (TPSA) is 52.7 Å². The highest BCUT2D eigenvalue weighted by Crippen LogP contribution is 2.26. The van der Waals surface area contributed by atoms with E-state index in [0.29, 0.717) is 5.69 Å². The van der Waals surface area contributed by atoms with E-state index in [9.17, 15) is 9.59 Å². The molecule has 0 saturated carbocycles. The summed E-state index contributed by atoms with van der Waals surface area (Å²) in [5, 5.41) is 2.74. The van der Waals surface area contributed by atoms with E-state index in [2.05, 4.69) is 10.2 Å². The number of amides is 2. The number of para-hydroxylation sites is 1. The van der Waals surface area contributed by atoms with Crippen molar-refractivity contribution in [3.8, 4) is 0 Å². The number of hydrogen-bond acceptors (Lipinski definition) is 4. The summed E-state index contributed by atoms with van der Waals surface area (Å²) < 4.78 is 0. The summed E-state index contributed by atoms with van der Waals surface area (Å²) in [6.45, 7) is 4.05. The molecule has 0 unspecified atom stereocenters. The van der Waals surface area contributed by atoms with Gasteiger partial charge in [0.2, 0.25) is 0 Å². The molecule has 0 atom stereocenters. The summed E-state index contributed by atoms with van der Waals surface area (Å²) in [5.41, 5.74) is 3.64. The van der Waals surface area contributed by atoms with Crippen molar-refractivity contribution in [3.63, 3.8) is 0 Å². The minimum atomic E-state index is -0.468. The predicted molar refractivity (Wildman–Crippen MR) is 120 cm³/mol. The third-order valence-corrected chi connectivity index (χ3v) is 5.67. The van der Waals surface area contributed by atoms with Crippen molar-refractivity contribution in [1.82, 2.24) is 5.32 Å². The van der Waals surface area contributed by atoms with Gasteiger partial charge in [-0.2, -0.15) is 0 Å². The first kappa shape index (κ1) is 19.3. The lowest BCUT2D eigenvalue weighted by molar-refractivity contribution is -0.122. The highest BCUT2D eigenvalue weighted by Gasteiger charge is 2.34. The number of benzene rings is 2. The normalized spacial score (nSPS) is 18.9. The first-order chi connectivity index (χ1) is 14.0. The van der Waals surface area contributed by atoms with E-state index >= 15 is 0 Å². The Morgan fingerprint density at radius 3 is 2.34 bits per heavy atom. The molecular weight excluding hydrogens is 382 g/mol. The number of nitrogens with one attached hydrogen (secondary N) is 1. The lowest BCUT2D eigenvalue weighted by atomic mass is 10.0. The zero-order chi connectivity index (χ0) is 20.4. The number of aryl methyl sites for hydroxylation is 1. The largest absolute Gasteiger partial charge is 0.372 e. The smallest absolute Gasteiger partial charge is 0.270 e. The van der Waals surface area contributed by atoms with Crippen LogP contribution >= 0.6 is 12.2 Å². The molecule has 2 aliphatic heterocycles. The minimum absolute atomic E-state index is 0.0765. The molecule has 6 heteroatoms. The van der Waals surface area contributed by atoms with E-state index in [-0.39, 0.29) is 10.7 Å². The van der Waals surface area contributed by atoms with E-state index in [1.54, 1.807) is 6.08 Å². The van der Waals surface area contributed by atoms with Gasteiger partial charge in [-0.3, -0.25) is 19.8 Å². The van der Waals surface area contributed by atoms with Gasteiger partial charge >= 0.3 is 0 Å². The Labute approximate surface area is 176 Å². The monoisotopic (exact) mass is 405 g/mol. The zero-order valence-electron chi connectivity index (χ0n) is 16.4. The van der Waals surface area contributed by atoms with Crippen LogP contribution in [0.4, 0.5) is 11.4 Å². The van der Waals surface area contributed by atoms with Crippen molar-refractivity contribution in [2.24, 2.45) is 0 Å². The molecule has 2 saturated heterocycles. The number of hydrogen-bond donors (Lipinski definition) is 1. The molecule has 1 N–H and O–H groups in total. The predicted octanol–water partition coefficient (Wildman–Crippen LogP) is 3.82. The van der Waals surface area contributed by atoms with Crippen LogP contribution in [0.1, 0.15) is 30.4 Å². The first-order valence-electron chi connectivity index (χ1n) is 9.87. The van der Waals surface area contributed by atoms with E-state index in [4.69, 9.17) is 12.2 Å². The van der Waals surface area contributed by atoms with Crippen molar-refractivity contribution >= 4 is 46.6 Å². The molecule has 2 amide bonds. The Morgan fingerprint density at radius 2 is 1.66 bits per heavy atom. The lowest BCUT2D eigenvalue weighted by Gasteiger charge is -2.30. The third kappa shape index (κ3) is 3.93. The molecule has 2 aromatic carbocycles. The van der Waals surface area contributed by atoms with Crippen LogP contribution in [0.15, 0.2) is 54.1 Å². The molecule has 2 heterocycles. The molecule has 5 nitrogen and oxygen atoms in total. The number of anilines is 2. The van der Waals surface area contributed by atoms with Gasteiger partial charge in [0.1, 0.15) is 5.57 Å². The number of rotatable bonds is 3. The molecule has 2 fully saturated rings. The van der Waals surface area contributed by atoms with Crippen molar-refractivity contribution < 1.29 is 9.59 Å². The number of carbonyl (C=O) groups excluding carboxylic acids is 2. The molecule has 0 radical (unpaired) electrons. The summed E-state index contributed by atoms with van der Waals surface area (Å²) in [5.74, 6) is -0.877. The highest BCUT2D eigenvalue weighted by atomic mass is 32.1. The Hall–Kier alpha value is -2.99. The van der Waals surface area contributed by atoms with Crippen LogP contribution in [0.3, 0.4) is 0 Å². The average Bonchev–Trinajstić information content (AvgIpc) is 2.73. The molecule has 0 aromatic heterocycles. The summed E-state index contributed by atoms with van der Waals surface area (Å²) in [4.78, 5) is 29.4. The Balaban J connectivity index is 1.62. The van der Waals surface area contributed by atoms with Gasteiger partial charge in [-0.15, -0.1) is 0 Å². The Morgan fingerprint density at radius 1 is 0.966 bits per heavy atom. The van der Waals surface area contributed by atoms with Crippen LogP contribution in [0.5, 0.6) is 0 Å². The fourth-order valence-corrected chi connectivity index (χ4v) is 4.06. The van der Waals surface area contributed by atoms with E-state index < -0.39 is 11.8 Å². The molecule has 29 heavy (non-hydrogen) atoms. The fourth-order valence-electron chi connectivity index (χ4n) is 3.79. The Kier molecular flexibility index (Phi) is 5.45. The molecular formula is C23H23N3O2S. The van der Waals surface area contributed by atoms with Crippen molar-refractivity contribution in [2.45, 2.75) is 26.2 Å². The maximum absolute atomic E-state index is 13.1. The van der Waals surface area contributed by atoms with Crippen LogP contribution in [-0.2, 0) is 9.59 Å². The summed E-state index contributed by atoms with van der Waals surface area (Å²) >= 11 is 5.27. The number of carbonyl (C=O) groups is 2. The number of nitrogens with zero attached hydrogens (tertiary/aromatic N) is 2. The van der Waals surface area contributed by atoms with E-state index in [1.807, 2.05) is 55.5 Å². The average molecular weight is 406 g/mol. The second-order valence-corrected chi connectivity index (χ2v) is 7.77. The summed E-state index contributed by atoms with van der Waals surface area (Å²) in [6, 6.07) is 15.5. The molecule has 0 spiro atoms. The van der Waals surface area contributed by atoms with Gasteiger partial charge in [-0.05, 0) is 73.8 Å². The van der Waals surface area contributed by atoms with Crippen LogP contribution < -0.4 is 15.1 Å². The summed E-state index contributed by atoms with van der Waals surface area (Å²) in [7, 11) is 0. The van der Waals surface area contributed by atoms with Gasteiger partial charge in [0, 0.05) is 18.8 Å². The van der Waals surface area contributed by atoms with E-state index in [0.717, 1.165) is 24.2 Å². The van der Waals surface area contributed by atoms with Crippen LogP contribution in [0.2, 0.25) is 0 Å². The molecule has 4 rings (SSSR count). The van der Waals surface area contributed by atoms with Gasteiger partial charge in [-0.1, -0.05) is 30.3 Å². The number of thiocarbonyl (C=S) groups is 1. The second-order valence-electron chi connectivity index (χ2n) is 7.38. The highest BCUT2D eigenvalue weighted by molar-refractivity contribution is 7.80. The SMILES string of the molecule is Cc1ccccc1N1C(=O)/C(=C/c2ccc(N3CCCCC3)cc2)C(=O)NC1=S. The molecule has 0 aliphatic carbocycles. The zero-order valence-corrected chi connectivity index (χ0v) is 17.2. The van der Waals surface area contributed by atoms with Gasteiger partial charge in [0.15, 0.2) is 5.11 Å². The van der Waals surface area contributed by atoms with Crippen molar-refractivity contribution in [1.29, 1.82) is 0 Å². The third-order valence-electron chi connectivity index (χ3n) is 5.38. The van der Waals surface area contributed by atoms with Gasteiger partial charge < -0.3 is 4.90 Å². The maximum atomic E-state index is 13.1. The molecule has 2 aliphatic rings. The maximum Gasteiger partial charge on any atom is 0.270 e. The standard InChI is InChI=1S/C23H23N3O2S/c1-16-7-3-4-8-20(16)26-22(28)19(21(27)24-23(26)29)15-17-9-11-18(12-10-17)25-13-5-2-6-14-25/h3-4,7-12,15H,2,5-6,13-14H2,1H3,(H,24,27,29)/b19-15+. The van der Waals surface area contributed by atoms with Crippen molar-refractivity contribution in [3.05, 3.63) is 65.2 Å². The van der Waals surface area contributed by atoms with Gasteiger partial charge in [-0.25, -0.2) is 0 Å². The second kappa shape index (κ2) is 8.17. The molecule has 0 bridgehead atoms. The fraction of sp³-hybridized carbons (Fsp3) is 0.261. The van der Waals surface area contributed by atoms with Crippen molar-refractivity contribution in [2.75, 3.05) is 22.9 Å². The number of piperidine rings is 1. The van der Waals surface area contributed by atoms with E-state index in [1.165, 1.54) is 29.8 Å². The lowest BCUT2D eigenvalue weighted by Crippen LogP contribution is -2.54. The van der Waals surface area contributed by atoms with Crippen LogP contribution in [0.25, 0.3) is 6.08 Å². The molecule has 148 valence electrons. The van der Waals surface area contributed by atoms with Gasteiger partial charge in [0.05, 0.1) is 5.69 Å². The molecule has 2 aromatic rings. The summed E-state index contributed by atoms with van der Waals surface area (Å²) in [6.07, 6.45) is 5.35. The minimum Gasteiger partial charge on any atom is -0.372 e. The first-order valence-corrected chi connectivity index (χ1v) is 10.3. The van der Waals surface area contributed by atoms with Crippen LogP contribution in [-0.4, -0.2) is 30.0 Å².